The van der Waals surface area contributed by atoms with Crippen molar-refractivity contribution >= 4 is 10.9 Å². The Morgan fingerprint density at radius 3 is 2.59 bits per heavy atom. The number of rotatable bonds is 4. The first-order valence-corrected chi connectivity index (χ1v) is 15.4. The molecule has 4 saturated carbocycles. The Labute approximate surface area is 232 Å². The largest absolute Gasteiger partial charge is 0.393 e. The highest BCUT2D eigenvalue weighted by Gasteiger charge is 2.65. The molecule has 0 spiro atoms. The third kappa shape index (κ3) is 3.98. The number of aryl methyl sites for hydroxylation is 2. The van der Waals surface area contributed by atoms with Gasteiger partial charge in [-0.3, -0.25) is 4.79 Å². The van der Waals surface area contributed by atoms with Crippen LogP contribution < -0.4 is 5.56 Å². The minimum Gasteiger partial charge on any atom is -0.393 e. The summed E-state index contributed by atoms with van der Waals surface area (Å²) >= 11 is 0. The number of aliphatic hydroxyl groups is 2. The second-order valence-electron chi connectivity index (χ2n) is 14.7. The number of halogens is 1. The molecule has 0 saturated heterocycles. The number of hydrogen-bond donors (Lipinski definition) is 3. The van der Waals surface area contributed by atoms with E-state index in [1.807, 2.05) is 0 Å². The van der Waals surface area contributed by atoms with Crippen molar-refractivity contribution in [2.45, 2.75) is 111 Å². The molecule has 0 bridgehead atoms. The number of aromatic amines is 1. The summed E-state index contributed by atoms with van der Waals surface area (Å²) in [6, 6.07) is 3.43. The predicted octanol–water partition coefficient (Wildman–Crippen LogP) is 6.32. The second-order valence-corrected chi connectivity index (χ2v) is 14.7. The van der Waals surface area contributed by atoms with E-state index < -0.39 is 11.4 Å². The van der Waals surface area contributed by atoms with Gasteiger partial charge in [-0.2, -0.15) is 0 Å². The van der Waals surface area contributed by atoms with E-state index in [4.69, 9.17) is 0 Å². The van der Waals surface area contributed by atoms with Gasteiger partial charge >= 0.3 is 0 Å². The molecule has 1 heterocycles. The van der Waals surface area contributed by atoms with Crippen LogP contribution in [0.15, 0.2) is 16.9 Å². The standard InChI is InChI=1S/C33H47FN2O3/c1-18-6-8-24-28(29(18)34)30(39)36-26(35-24)9-7-19(2)32(4)14-12-23-27-22(11-15-33(23,32)5)31(3)13-10-21(37)16-20(31)17-25(27)38/h6,8,19-23,25,27,37-38H,7,9-17H2,1-5H3,(H,35,36,39)/t19-,20+,21-,22?,23+,25-,27-,31+,32-,33+/m1/s1. The van der Waals surface area contributed by atoms with Gasteiger partial charge in [-0.15, -0.1) is 0 Å². The summed E-state index contributed by atoms with van der Waals surface area (Å²) in [7, 11) is 0. The topological polar surface area (TPSA) is 86.2 Å². The molecule has 4 fully saturated rings. The number of hydrogen-bond acceptors (Lipinski definition) is 4. The first-order chi connectivity index (χ1) is 18.4. The molecule has 0 radical (unpaired) electrons. The molecule has 1 unspecified atom stereocenters. The maximum absolute atomic E-state index is 14.5. The van der Waals surface area contributed by atoms with Crippen LogP contribution in [-0.4, -0.2) is 32.4 Å². The van der Waals surface area contributed by atoms with Crippen LogP contribution in [0.3, 0.4) is 0 Å². The zero-order valence-electron chi connectivity index (χ0n) is 24.4. The molecule has 2 aromatic rings. The molecule has 4 aliphatic carbocycles. The average Bonchev–Trinajstić information content (AvgIpc) is 3.17. The number of nitrogens with zero attached hydrogens (tertiary/aromatic N) is 1. The van der Waals surface area contributed by atoms with Crippen LogP contribution in [0.1, 0.15) is 96.9 Å². The third-order valence-electron chi connectivity index (χ3n) is 13.3. The number of benzene rings is 1. The zero-order valence-corrected chi connectivity index (χ0v) is 24.4. The van der Waals surface area contributed by atoms with E-state index in [-0.39, 0.29) is 33.8 Å². The molecule has 3 N–H and O–H groups in total. The normalized spacial score (nSPS) is 42.6. The van der Waals surface area contributed by atoms with Crippen molar-refractivity contribution in [1.29, 1.82) is 0 Å². The molecule has 4 aliphatic rings. The van der Waals surface area contributed by atoms with E-state index in [1.54, 1.807) is 19.1 Å². The van der Waals surface area contributed by atoms with E-state index in [2.05, 4.69) is 37.7 Å². The highest BCUT2D eigenvalue weighted by molar-refractivity contribution is 5.79. The van der Waals surface area contributed by atoms with Crippen molar-refractivity contribution in [2.75, 3.05) is 0 Å². The summed E-state index contributed by atoms with van der Waals surface area (Å²) in [5.41, 5.74) is 1.03. The zero-order chi connectivity index (χ0) is 27.9. The molecule has 6 heteroatoms. The van der Waals surface area contributed by atoms with E-state index >= 15 is 0 Å². The summed E-state index contributed by atoms with van der Waals surface area (Å²) < 4.78 is 14.5. The summed E-state index contributed by atoms with van der Waals surface area (Å²) in [5.74, 6) is 2.43. The smallest absolute Gasteiger partial charge is 0.261 e. The maximum atomic E-state index is 14.5. The predicted molar refractivity (Wildman–Crippen MR) is 152 cm³/mol. The third-order valence-corrected chi connectivity index (χ3v) is 13.3. The summed E-state index contributed by atoms with van der Waals surface area (Å²) in [4.78, 5) is 20.2. The van der Waals surface area contributed by atoms with Gasteiger partial charge in [-0.1, -0.05) is 33.8 Å². The SMILES string of the molecule is Cc1ccc2nc(CC[C@@H](C)[C@@]3(C)CC[C@H]4[C@H]5C(CC[C@@]43C)[C@@]3(C)CC[C@@H](O)C[C@H]3C[C@H]5O)[nH]c(=O)c2c1F. The minimum absolute atomic E-state index is 0.0520. The quantitative estimate of drug-likeness (QED) is 0.425. The maximum Gasteiger partial charge on any atom is 0.261 e. The van der Waals surface area contributed by atoms with E-state index in [9.17, 15) is 19.4 Å². The van der Waals surface area contributed by atoms with Crippen molar-refractivity contribution < 1.29 is 14.6 Å². The number of aliphatic hydroxyl groups excluding tert-OH is 2. The van der Waals surface area contributed by atoms with Crippen molar-refractivity contribution in [3.05, 3.63) is 39.7 Å². The fraction of sp³-hybridized carbons (Fsp3) is 0.758. The first-order valence-electron chi connectivity index (χ1n) is 15.4. The molecule has 0 amide bonds. The van der Waals surface area contributed by atoms with Crippen LogP contribution in [0.25, 0.3) is 10.9 Å². The van der Waals surface area contributed by atoms with Gasteiger partial charge in [0.15, 0.2) is 0 Å². The fourth-order valence-corrected chi connectivity index (χ4v) is 10.5. The Hall–Kier alpha value is -1.79. The Bertz CT molecular complexity index is 1330. The minimum atomic E-state index is -0.483. The van der Waals surface area contributed by atoms with Crippen molar-refractivity contribution in [1.82, 2.24) is 9.97 Å². The van der Waals surface area contributed by atoms with E-state index in [0.29, 0.717) is 52.9 Å². The summed E-state index contributed by atoms with van der Waals surface area (Å²) in [6.45, 7) is 11.5. The molecule has 1 aromatic carbocycles. The van der Waals surface area contributed by atoms with E-state index in [0.717, 1.165) is 38.5 Å². The van der Waals surface area contributed by atoms with Crippen LogP contribution in [0.5, 0.6) is 0 Å². The molecule has 39 heavy (non-hydrogen) atoms. The lowest BCUT2D eigenvalue weighted by Gasteiger charge is -2.63. The van der Waals surface area contributed by atoms with Crippen molar-refractivity contribution in [2.24, 2.45) is 45.8 Å². The highest BCUT2D eigenvalue weighted by Crippen LogP contribution is 2.72. The second kappa shape index (κ2) is 9.37. The van der Waals surface area contributed by atoms with Crippen LogP contribution in [0, 0.1) is 58.6 Å². The van der Waals surface area contributed by atoms with Crippen LogP contribution in [0.4, 0.5) is 4.39 Å². The monoisotopic (exact) mass is 538 g/mol. The van der Waals surface area contributed by atoms with Gasteiger partial charge in [0, 0.05) is 6.42 Å². The van der Waals surface area contributed by atoms with Gasteiger partial charge in [0.05, 0.1) is 17.7 Å². The van der Waals surface area contributed by atoms with Gasteiger partial charge in [0.2, 0.25) is 0 Å². The fourth-order valence-electron chi connectivity index (χ4n) is 10.5. The van der Waals surface area contributed by atoms with Gasteiger partial charge in [-0.05, 0) is 122 Å². The Kier molecular flexibility index (Phi) is 6.58. The highest BCUT2D eigenvalue weighted by atomic mass is 19.1. The molecular formula is C33H47FN2O3. The lowest BCUT2D eigenvalue weighted by atomic mass is 9.42. The Morgan fingerprint density at radius 1 is 1.08 bits per heavy atom. The van der Waals surface area contributed by atoms with Crippen LogP contribution >= 0.6 is 0 Å². The molecule has 10 atom stereocenters. The molecule has 6 rings (SSSR count). The summed E-state index contributed by atoms with van der Waals surface area (Å²) in [6.07, 6.45) is 9.49. The Morgan fingerprint density at radius 2 is 1.82 bits per heavy atom. The van der Waals surface area contributed by atoms with Crippen LogP contribution in [0.2, 0.25) is 0 Å². The van der Waals surface area contributed by atoms with E-state index in [1.165, 1.54) is 19.3 Å². The molecule has 0 aliphatic heterocycles. The molecule has 5 nitrogen and oxygen atoms in total. The summed E-state index contributed by atoms with van der Waals surface area (Å²) in [5, 5.41) is 22.0. The van der Waals surface area contributed by atoms with Crippen molar-refractivity contribution in [3.63, 3.8) is 0 Å². The first kappa shape index (κ1) is 27.4. The van der Waals surface area contributed by atoms with Crippen molar-refractivity contribution in [3.8, 4) is 0 Å². The van der Waals surface area contributed by atoms with Crippen LogP contribution in [-0.2, 0) is 6.42 Å². The number of H-pyrrole nitrogens is 1. The molecule has 214 valence electrons. The number of nitrogens with one attached hydrogen (secondary N) is 1. The number of fused-ring (bicyclic) bond motifs is 6. The van der Waals surface area contributed by atoms with Gasteiger partial charge in [0.1, 0.15) is 17.0 Å². The van der Waals surface area contributed by atoms with Gasteiger partial charge < -0.3 is 15.2 Å². The molecule has 1 aromatic heterocycles. The van der Waals surface area contributed by atoms with Gasteiger partial charge in [0.25, 0.3) is 5.56 Å². The van der Waals surface area contributed by atoms with Gasteiger partial charge in [-0.25, -0.2) is 9.37 Å². The average molecular weight is 539 g/mol. The lowest BCUT2D eigenvalue weighted by Crippen LogP contribution is -2.59. The lowest BCUT2D eigenvalue weighted by molar-refractivity contribution is -0.183. The number of aromatic nitrogens is 2. The molecular weight excluding hydrogens is 491 g/mol. The Balaban J connectivity index is 1.22.